The molecule has 1 N–H and O–H groups in total. The topological polar surface area (TPSA) is 80.3 Å². The van der Waals surface area contributed by atoms with Crippen molar-refractivity contribution in [2.45, 2.75) is 12.5 Å². The normalized spacial score (nSPS) is 11.5. The number of hydrogen-bond acceptors (Lipinski definition) is 5. The van der Waals surface area contributed by atoms with E-state index in [1.807, 2.05) is 54.1 Å². The van der Waals surface area contributed by atoms with Crippen LogP contribution in [0.15, 0.2) is 85.3 Å². The van der Waals surface area contributed by atoms with E-state index >= 15 is 0 Å². The number of aliphatic hydroxyl groups excluding tert-OH is 1. The lowest BCUT2D eigenvalue weighted by atomic mass is 10.0. The Morgan fingerprint density at radius 1 is 0.968 bits per heavy atom. The van der Waals surface area contributed by atoms with Gasteiger partial charge < -0.3 is 19.1 Å². The molecule has 6 nitrogen and oxygen atoms in total. The zero-order chi connectivity index (χ0) is 21.6. The Labute approximate surface area is 180 Å². The number of rotatable bonds is 7. The fourth-order valence-corrected chi connectivity index (χ4v) is 3.17. The molecule has 1 atom stereocenters. The van der Waals surface area contributed by atoms with Crippen molar-refractivity contribution in [1.82, 2.24) is 9.55 Å². The van der Waals surface area contributed by atoms with Crippen molar-refractivity contribution in [1.29, 1.82) is 5.26 Å². The number of para-hydroxylation sites is 1. The molecule has 31 heavy (non-hydrogen) atoms. The summed E-state index contributed by atoms with van der Waals surface area (Å²) in [5.41, 5.74) is 1.95. The van der Waals surface area contributed by atoms with Gasteiger partial charge in [0.15, 0.2) is 0 Å². The highest BCUT2D eigenvalue weighted by atomic mass is 16.5. The summed E-state index contributed by atoms with van der Waals surface area (Å²) in [4.78, 5) is 4.08. The second-order valence-corrected chi connectivity index (χ2v) is 7.08. The number of nitrogens with zero attached hydrogens (tertiary/aromatic N) is 3. The summed E-state index contributed by atoms with van der Waals surface area (Å²) in [6, 6.07) is 23.9. The quantitative estimate of drug-likeness (QED) is 0.455. The number of aromatic nitrogens is 2. The van der Waals surface area contributed by atoms with Gasteiger partial charge in [0, 0.05) is 31.4 Å². The van der Waals surface area contributed by atoms with E-state index in [0.717, 1.165) is 11.4 Å². The molecule has 154 valence electrons. The molecule has 1 unspecified atom stereocenters. The Bertz CT molecular complexity index is 1210. The lowest BCUT2D eigenvalue weighted by molar-refractivity contribution is 0.176. The Balaban J connectivity index is 1.55. The van der Waals surface area contributed by atoms with Crippen molar-refractivity contribution in [3.8, 4) is 29.1 Å². The Hall–Kier alpha value is -4.08. The van der Waals surface area contributed by atoms with E-state index in [4.69, 9.17) is 9.47 Å². The monoisotopic (exact) mass is 411 g/mol. The molecule has 0 aliphatic carbocycles. The number of aliphatic hydroxyl groups is 1. The third kappa shape index (κ3) is 4.92. The molecule has 0 amide bonds. The van der Waals surface area contributed by atoms with Gasteiger partial charge in [0.05, 0.1) is 18.0 Å². The summed E-state index contributed by atoms with van der Waals surface area (Å²) in [6.07, 6.45) is 3.07. The molecule has 1 aromatic heterocycles. The van der Waals surface area contributed by atoms with E-state index in [-0.39, 0.29) is 0 Å². The third-order valence-electron chi connectivity index (χ3n) is 4.84. The number of hydrogen-bond donors (Lipinski definition) is 1. The van der Waals surface area contributed by atoms with E-state index in [1.165, 1.54) is 0 Å². The summed E-state index contributed by atoms with van der Waals surface area (Å²) in [5.74, 6) is 2.25. The second kappa shape index (κ2) is 9.16. The molecule has 0 bridgehead atoms. The van der Waals surface area contributed by atoms with Crippen LogP contribution in [0.3, 0.4) is 0 Å². The number of benzene rings is 3. The van der Waals surface area contributed by atoms with Crippen LogP contribution in [0.1, 0.15) is 22.9 Å². The van der Waals surface area contributed by atoms with Gasteiger partial charge in [0.1, 0.15) is 29.1 Å². The molecule has 0 saturated heterocycles. The Kier molecular flexibility index (Phi) is 5.97. The van der Waals surface area contributed by atoms with Crippen LogP contribution >= 0.6 is 0 Å². The summed E-state index contributed by atoms with van der Waals surface area (Å²) >= 11 is 0. The van der Waals surface area contributed by atoms with Gasteiger partial charge in [-0.15, -0.1) is 0 Å². The molecule has 0 spiro atoms. The van der Waals surface area contributed by atoms with Crippen molar-refractivity contribution >= 4 is 0 Å². The first-order chi connectivity index (χ1) is 15.1. The molecule has 3 aromatic carbocycles. The zero-order valence-corrected chi connectivity index (χ0v) is 17.0. The molecule has 0 radical (unpaired) electrons. The van der Waals surface area contributed by atoms with Crippen molar-refractivity contribution < 1.29 is 14.6 Å². The summed E-state index contributed by atoms with van der Waals surface area (Å²) in [6.45, 7) is 0. The van der Waals surface area contributed by atoms with Gasteiger partial charge in [-0.3, -0.25) is 0 Å². The van der Waals surface area contributed by atoms with Crippen molar-refractivity contribution in [3.63, 3.8) is 0 Å². The van der Waals surface area contributed by atoms with Crippen molar-refractivity contribution in [3.05, 3.63) is 102 Å². The summed E-state index contributed by atoms with van der Waals surface area (Å²) < 4.78 is 13.7. The molecule has 4 aromatic rings. The van der Waals surface area contributed by atoms with Crippen molar-refractivity contribution in [2.24, 2.45) is 7.05 Å². The lowest BCUT2D eigenvalue weighted by Crippen LogP contribution is -2.06. The minimum atomic E-state index is -0.752. The van der Waals surface area contributed by atoms with E-state index in [9.17, 15) is 10.4 Å². The number of aryl methyl sites for hydroxylation is 1. The van der Waals surface area contributed by atoms with Gasteiger partial charge in [0.25, 0.3) is 0 Å². The lowest BCUT2D eigenvalue weighted by Gasteiger charge is -2.15. The fraction of sp³-hybridized carbons (Fsp3) is 0.120. The molecule has 0 aliphatic heterocycles. The molecule has 6 heteroatoms. The highest BCUT2D eigenvalue weighted by molar-refractivity contribution is 5.49. The van der Waals surface area contributed by atoms with Crippen LogP contribution in [-0.2, 0) is 13.5 Å². The van der Waals surface area contributed by atoms with Crippen LogP contribution < -0.4 is 9.47 Å². The minimum absolute atomic E-state index is 0.376. The van der Waals surface area contributed by atoms with Crippen molar-refractivity contribution in [2.75, 3.05) is 0 Å². The Morgan fingerprint density at radius 2 is 1.71 bits per heavy atom. The second-order valence-electron chi connectivity index (χ2n) is 7.08. The molecule has 0 saturated carbocycles. The van der Waals surface area contributed by atoms with Gasteiger partial charge in [0.2, 0.25) is 0 Å². The van der Waals surface area contributed by atoms with E-state index in [1.54, 1.807) is 42.9 Å². The fourth-order valence-electron chi connectivity index (χ4n) is 3.17. The standard InChI is InChI=1S/C25H21N3O3/c1-28-17-27-16-20(28)13-24(29)18-10-11-19(15-26)25(12-18)31-23-9-5-8-22(14-23)30-21-6-3-2-4-7-21/h2-12,14,16-17,24,29H,13H2,1H3. The van der Waals surface area contributed by atoms with Crippen LogP contribution in [0.2, 0.25) is 0 Å². The highest BCUT2D eigenvalue weighted by Crippen LogP contribution is 2.32. The van der Waals surface area contributed by atoms with E-state index < -0.39 is 6.10 Å². The zero-order valence-electron chi connectivity index (χ0n) is 17.0. The molecule has 0 fully saturated rings. The highest BCUT2D eigenvalue weighted by Gasteiger charge is 2.15. The third-order valence-corrected chi connectivity index (χ3v) is 4.84. The summed E-state index contributed by atoms with van der Waals surface area (Å²) in [5, 5.41) is 20.2. The largest absolute Gasteiger partial charge is 0.457 e. The van der Waals surface area contributed by atoms with Crippen LogP contribution in [0.5, 0.6) is 23.0 Å². The summed E-state index contributed by atoms with van der Waals surface area (Å²) in [7, 11) is 1.88. The molecule has 4 rings (SSSR count). The maximum atomic E-state index is 10.7. The SMILES string of the molecule is Cn1cncc1CC(O)c1ccc(C#N)c(Oc2cccc(Oc3ccccc3)c2)c1. The van der Waals surface area contributed by atoms with E-state index in [0.29, 0.717) is 34.8 Å². The van der Waals surface area contributed by atoms with Gasteiger partial charge in [-0.25, -0.2) is 4.98 Å². The number of nitriles is 1. The first kappa shape index (κ1) is 20.2. The van der Waals surface area contributed by atoms with Crippen LogP contribution in [0.25, 0.3) is 0 Å². The first-order valence-corrected chi connectivity index (χ1v) is 9.80. The van der Waals surface area contributed by atoms with Gasteiger partial charge in [-0.1, -0.05) is 30.3 Å². The maximum Gasteiger partial charge on any atom is 0.145 e. The smallest absolute Gasteiger partial charge is 0.145 e. The van der Waals surface area contributed by atoms with Crippen LogP contribution in [-0.4, -0.2) is 14.7 Å². The molecule has 1 heterocycles. The van der Waals surface area contributed by atoms with Crippen LogP contribution in [0, 0.1) is 11.3 Å². The van der Waals surface area contributed by atoms with Crippen LogP contribution in [0.4, 0.5) is 0 Å². The number of ether oxygens (including phenoxy) is 2. The Morgan fingerprint density at radius 3 is 2.42 bits per heavy atom. The predicted molar refractivity (Wildman–Crippen MR) is 116 cm³/mol. The van der Waals surface area contributed by atoms with Gasteiger partial charge in [-0.2, -0.15) is 5.26 Å². The first-order valence-electron chi connectivity index (χ1n) is 9.80. The minimum Gasteiger partial charge on any atom is -0.457 e. The van der Waals surface area contributed by atoms with E-state index in [2.05, 4.69) is 11.1 Å². The van der Waals surface area contributed by atoms with Gasteiger partial charge in [-0.05, 0) is 42.0 Å². The molecular formula is C25H21N3O3. The maximum absolute atomic E-state index is 10.7. The number of imidazole rings is 1. The predicted octanol–water partition coefficient (Wildman–Crippen LogP) is 5.15. The average Bonchev–Trinajstić information content (AvgIpc) is 3.19. The average molecular weight is 411 g/mol. The molecule has 0 aliphatic rings. The van der Waals surface area contributed by atoms with Gasteiger partial charge >= 0.3 is 0 Å². The molecular weight excluding hydrogens is 390 g/mol.